The van der Waals surface area contributed by atoms with E-state index in [0.717, 1.165) is 32.9 Å². The van der Waals surface area contributed by atoms with Crippen LogP contribution in [0.3, 0.4) is 0 Å². The molecule has 2 N–H and O–H groups in total. The van der Waals surface area contributed by atoms with Gasteiger partial charge in [-0.2, -0.15) is 0 Å². The molecule has 0 radical (unpaired) electrons. The molecule has 0 fully saturated rings. The minimum atomic E-state index is -0.144. The fourth-order valence-electron chi connectivity index (χ4n) is 3.13. The SMILES string of the molecule is C=C(NNC(=O)CSc1nc2ccccc2n1C)c1ccc(-c2ccccc2)cc1. The van der Waals surface area contributed by atoms with Gasteiger partial charge in [0.05, 0.1) is 22.5 Å². The van der Waals surface area contributed by atoms with Gasteiger partial charge in [0, 0.05) is 7.05 Å². The number of imidazole rings is 1. The van der Waals surface area contributed by atoms with Crippen molar-refractivity contribution >= 4 is 34.4 Å². The van der Waals surface area contributed by atoms with E-state index in [0.29, 0.717) is 5.70 Å². The van der Waals surface area contributed by atoms with Crippen molar-refractivity contribution in [1.82, 2.24) is 20.4 Å². The third-order valence-electron chi connectivity index (χ3n) is 4.77. The van der Waals surface area contributed by atoms with Crippen LogP contribution < -0.4 is 10.9 Å². The van der Waals surface area contributed by atoms with E-state index in [-0.39, 0.29) is 11.7 Å². The fourth-order valence-corrected chi connectivity index (χ4v) is 3.92. The largest absolute Gasteiger partial charge is 0.322 e. The van der Waals surface area contributed by atoms with Crippen LogP contribution in [-0.2, 0) is 11.8 Å². The molecule has 0 saturated carbocycles. The first kappa shape index (κ1) is 19.8. The molecule has 4 rings (SSSR count). The summed E-state index contributed by atoms with van der Waals surface area (Å²) in [6.07, 6.45) is 0. The quantitative estimate of drug-likeness (QED) is 0.342. The average Bonchev–Trinajstić information content (AvgIpc) is 3.12. The van der Waals surface area contributed by atoms with Crippen molar-refractivity contribution in [3.05, 3.63) is 91.0 Å². The van der Waals surface area contributed by atoms with E-state index in [1.807, 2.05) is 78.3 Å². The maximum atomic E-state index is 12.2. The Balaban J connectivity index is 1.30. The van der Waals surface area contributed by atoms with E-state index >= 15 is 0 Å². The number of nitrogens with one attached hydrogen (secondary N) is 2. The van der Waals surface area contributed by atoms with Crippen LogP contribution in [0.15, 0.2) is 90.6 Å². The fraction of sp³-hybridized carbons (Fsp3) is 0.0833. The Hall–Kier alpha value is -3.51. The third kappa shape index (κ3) is 4.39. The number of amides is 1. The van der Waals surface area contributed by atoms with Gasteiger partial charge in [0.25, 0.3) is 0 Å². The second-order valence-electron chi connectivity index (χ2n) is 6.83. The van der Waals surface area contributed by atoms with Crippen LogP contribution in [0.1, 0.15) is 5.56 Å². The number of hydrogen-bond acceptors (Lipinski definition) is 4. The molecule has 0 aliphatic rings. The molecule has 0 unspecified atom stereocenters. The molecule has 0 bridgehead atoms. The Morgan fingerprint density at radius 2 is 1.60 bits per heavy atom. The number of carbonyl (C=O) groups excluding carboxylic acids is 1. The molecule has 6 heteroatoms. The van der Waals surface area contributed by atoms with Crippen LogP contribution >= 0.6 is 11.8 Å². The van der Waals surface area contributed by atoms with Gasteiger partial charge in [-0.15, -0.1) is 0 Å². The summed E-state index contributed by atoms with van der Waals surface area (Å²) in [4.78, 5) is 16.8. The molecule has 0 aliphatic carbocycles. The van der Waals surface area contributed by atoms with Crippen LogP contribution in [0, 0.1) is 0 Å². The molecular formula is C24H22N4OS. The summed E-state index contributed by atoms with van der Waals surface area (Å²) in [7, 11) is 1.95. The maximum absolute atomic E-state index is 12.2. The van der Waals surface area contributed by atoms with Crippen molar-refractivity contribution in [1.29, 1.82) is 0 Å². The molecule has 0 saturated heterocycles. The molecule has 0 atom stereocenters. The number of aryl methyl sites for hydroxylation is 1. The minimum Gasteiger partial charge on any atom is -0.322 e. The van der Waals surface area contributed by atoms with Crippen molar-refractivity contribution in [2.24, 2.45) is 7.05 Å². The zero-order chi connectivity index (χ0) is 20.9. The Kier molecular flexibility index (Phi) is 5.86. The lowest BCUT2D eigenvalue weighted by Gasteiger charge is -2.12. The summed E-state index contributed by atoms with van der Waals surface area (Å²) in [5.41, 5.74) is 11.4. The highest BCUT2D eigenvalue weighted by Crippen LogP contribution is 2.23. The van der Waals surface area contributed by atoms with Gasteiger partial charge in [-0.3, -0.25) is 15.6 Å². The second kappa shape index (κ2) is 8.88. The number of para-hydroxylation sites is 2. The number of aromatic nitrogens is 2. The number of hydrazine groups is 1. The number of hydrogen-bond donors (Lipinski definition) is 2. The standard InChI is InChI=1S/C24H22N4OS/c1-17(18-12-14-20(15-13-18)19-8-4-3-5-9-19)26-27-23(29)16-30-24-25-21-10-6-7-11-22(21)28(24)2/h3-15,26H,1,16H2,2H3,(H,27,29). The zero-order valence-corrected chi connectivity index (χ0v) is 17.4. The first-order chi connectivity index (χ1) is 14.6. The summed E-state index contributed by atoms with van der Waals surface area (Å²) in [6, 6.07) is 26.2. The number of thioether (sulfide) groups is 1. The summed E-state index contributed by atoms with van der Waals surface area (Å²) >= 11 is 1.40. The highest BCUT2D eigenvalue weighted by molar-refractivity contribution is 7.99. The van der Waals surface area contributed by atoms with Crippen LogP contribution in [0.25, 0.3) is 27.9 Å². The lowest BCUT2D eigenvalue weighted by molar-refractivity contribution is -0.119. The molecule has 5 nitrogen and oxygen atoms in total. The van der Waals surface area contributed by atoms with E-state index in [2.05, 4.69) is 34.5 Å². The van der Waals surface area contributed by atoms with Crippen LogP contribution in [0.2, 0.25) is 0 Å². The molecule has 0 spiro atoms. The van der Waals surface area contributed by atoms with Crippen molar-refractivity contribution in [2.75, 3.05) is 5.75 Å². The topological polar surface area (TPSA) is 58.9 Å². The smallest absolute Gasteiger partial charge is 0.248 e. The molecule has 3 aromatic carbocycles. The molecule has 150 valence electrons. The molecule has 1 aromatic heterocycles. The number of rotatable bonds is 7. The van der Waals surface area contributed by atoms with E-state index < -0.39 is 0 Å². The van der Waals surface area contributed by atoms with Gasteiger partial charge >= 0.3 is 0 Å². The van der Waals surface area contributed by atoms with Crippen LogP contribution in [0.4, 0.5) is 0 Å². The number of benzene rings is 3. The van der Waals surface area contributed by atoms with E-state index in [9.17, 15) is 4.79 Å². The average molecular weight is 415 g/mol. The monoisotopic (exact) mass is 414 g/mol. The van der Waals surface area contributed by atoms with Crippen molar-refractivity contribution in [3.8, 4) is 11.1 Å². The lowest BCUT2D eigenvalue weighted by Crippen LogP contribution is -2.37. The van der Waals surface area contributed by atoms with Gasteiger partial charge < -0.3 is 4.57 Å². The third-order valence-corrected chi connectivity index (χ3v) is 5.80. The highest BCUT2D eigenvalue weighted by atomic mass is 32.2. The van der Waals surface area contributed by atoms with Crippen LogP contribution in [-0.4, -0.2) is 21.2 Å². The molecule has 30 heavy (non-hydrogen) atoms. The summed E-state index contributed by atoms with van der Waals surface area (Å²) in [6.45, 7) is 4.01. The van der Waals surface area contributed by atoms with Gasteiger partial charge in [0.1, 0.15) is 0 Å². The van der Waals surface area contributed by atoms with Gasteiger partial charge in [0.2, 0.25) is 5.91 Å². The van der Waals surface area contributed by atoms with Gasteiger partial charge in [-0.1, -0.05) is 85.1 Å². The van der Waals surface area contributed by atoms with Gasteiger partial charge in [-0.25, -0.2) is 4.98 Å². The highest BCUT2D eigenvalue weighted by Gasteiger charge is 2.10. The molecular weight excluding hydrogens is 392 g/mol. The normalized spacial score (nSPS) is 10.7. The van der Waals surface area contributed by atoms with Gasteiger partial charge in [-0.05, 0) is 28.8 Å². The number of fused-ring (bicyclic) bond motifs is 1. The number of nitrogens with zero attached hydrogens (tertiary/aromatic N) is 2. The Morgan fingerprint density at radius 1 is 0.933 bits per heavy atom. The van der Waals surface area contributed by atoms with Gasteiger partial charge in [0.15, 0.2) is 5.16 Å². The van der Waals surface area contributed by atoms with E-state index in [1.165, 1.54) is 11.8 Å². The van der Waals surface area contributed by atoms with Crippen molar-refractivity contribution in [3.63, 3.8) is 0 Å². The predicted octanol–water partition coefficient (Wildman–Crippen LogP) is 4.62. The van der Waals surface area contributed by atoms with Crippen molar-refractivity contribution in [2.45, 2.75) is 5.16 Å². The Morgan fingerprint density at radius 3 is 2.33 bits per heavy atom. The number of carbonyl (C=O) groups is 1. The summed E-state index contributed by atoms with van der Waals surface area (Å²) in [5, 5.41) is 0.807. The predicted molar refractivity (Wildman–Crippen MR) is 124 cm³/mol. The molecule has 1 amide bonds. The summed E-state index contributed by atoms with van der Waals surface area (Å²) < 4.78 is 1.99. The van der Waals surface area contributed by atoms with E-state index in [4.69, 9.17) is 0 Å². The Bertz CT molecular complexity index is 1180. The Labute approximate surface area is 179 Å². The van der Waals surface area contributed by atoms with E-state index in [1.54, 1.807) is 0 Å². The minimum absolute atomic E-state index is 0.144. The lowest BCUT2D eigenvalue weighted by atomic mass is 10.0. The maximum Gasteiger partial charge on any atom is 0.248 e. The zero-order valence-electron chi connectivity index (χ0n) is 16.6. The van der Waals surface area contributed by atoms with Crippen LogP contribution in [0.5, 0.6) is 0 Å². The first-order valence-electron chi connectivity index (χ1n) is 9.56. The first-order valence-corrected chi connectivity index (χ1v) is 10.5. The summed E-state index contributed by atoms with van der Waals surface area (Å²) in [5.74, 6) is 0.110. The molecule has 0 aliphatic heterocycles. The van der Waals surface area contributed by atoms with Crippen molar-refractivity contribution < 1.29 is 4.79 Å². The molecule has 1 heterocycles. The second-order valence-corrected chi connectivity index (χ2v) is 7.77. The molecule has 4 aromatic rings.